The second-order valence-corrected chi connectivity index (χ2v) is 5.28. The third-order valence-electron chi connectivity index (χ3n) is 3.78. The highest BCUT2D eigenvalue weighted by molar-refractivity contribution is 5.95. The quantitative estimate of drug-likeness (QED) is 0.886. The molecule has 3 N–H and O–H groups in total. The zero-order chi connectivity index (χ0) is 14.7. The second-order valence-electron chi connectivity index (χ2n) is 5.28. The first-order valence-corrected chi connectivity index (χ1v) is 7.27. The molecule has 2 heterocycles. The molecule has 0 fully saturated rings. The molecule has 0 bridgehead atoms. The Morgan fingerprint density at radius 1 is 1.38 bits per heavy atom. The first-order chi connectivity index (χ1) is 10.3. The van der Waals surface area contributed by atoms with Crippen molar-refractivity contribution in [1.82, 2.24) is 15.0 Å². The fourth-order valence-corrected chi connectivity index (χ4v) is 2.62. The number of hydrogen-bond acceptors (Lipinski definition) is 4. The topological polar surface area (TPSA) is 85.8 Å². The number of hydrogen-bond donors (Lipinski definition) is 2. The highest BCUT2D eigenvalue weighted by atomic mass is 16.2. The van der Waals surface area contributed by atoms with Crippen LogP contribution < -0.4 is 11.1 Å². The van der Waals surface area contributed by atoms with Crippen LogP contribution in [0.2, 0.25) is 0 Å². The zero-order valence-corrected chi connectivity index (χ0v) is 11.8. The summed E-state index contributed by atoms with van der Waals surface area (Å²) in [7, 11) is 0. The molecular weight excluding hydrogens is 266 g/mol. The summed E-state index contributed by atoms with van der Waals surface area (Å²) in [6.45, 7) is 0.631. The molecule has 1 aromatic heterocycles. The minimum Gasteiger partial charge on any atom is -0.330 e. The first kappa shape index (κ1) is 13.8. The number of nitrogens with one attached hydrogen (secondary N) is 1. The molecule has 0 spiro atoms. The number of para-hydroxylation sites is 1. The van der Waals surface area contributed by atoms with Gasteiger partial charge >= 0.3 is 0 Å². The van der Waals surface area contributed by atoms with Gasteiger partial charge in [-0.3, -0.25) is 4.79 Å². The van der Waals surface area contributed by atoms with E-state index in [4.69, 9.17) is 5.73 Å². The number of carbonyl (C=O) groups excluding carboxylic acids is 1. The standard InChI is InChI=1S/C15H19N5O/c16-9-3-5-12-10-20(19-18-12)14-8-7-11-4-1-2-6-13(11)17-15(14)21/h1-2,4,6,10,14H,3,5,7-9,16H2,(H,17,21). The summed E-state index contributed by atoms with van der Waals surface area (Å²) in [5, 5.41) is 11.2. The number of nitrogens with two attached hydrogens (primary N) is 1. The second kappa shape index (κ2) is 6.05. The van der Waals surface area contributed by atoms with Crippen molar-refractivity contribution >= 4 is 11.6 Å². The average molecular weight is 285 g/mol. The molecule has 1 atom stereocenters. The van der Waals surface area contributed by atoms with E-state index in [1.807, 2.05) is 30.5 Å². The number of aromatic nitrogens is 3. The maximum atomic E-state index is 12.4. The fraction of sp³-hybridized carbons (Fsp3) is 0.400. The number of carbonyl (C=O) groups is 1. The summed E-state index contributed by atoms with van der Waals surface area (Å²) in [5.74, 6) is -0.0322. The molecule has 110 valence electrons. The van der Waals surface area contributed by atoms with Gasteiger partial charge in [0.15, 0.2) is 0 Å². The molecule has 1 unspecified atom stereocenters. The molecule has 21 heavy (non-hydrogen) atoms. The molecule has 0 radical (unpaired) electrons. The van der Waals surface area contributed by atoms with E-state index in [1.54, 1.807) is 4.68 Å². The van der Waals surface area contributed by atoms with E-state index in [-0.39, 0.29) is 11.9 Å². The van der Waals surface area contributed by atoms with Crippen LogP contribution in [0.3, 0.4) is 0 Å². The molecule has 2 aromatic rings. The molecule has 0 saturated heterocycles. The van der Waals surface area contributed by atoms with Crippen LogP contribution in [0.25, 0.3) is 0 Å². The Morgan fingerprint density at radius 3 is 3.10 bits per heavy atom. The first-order valence-electron chi connectivity index (χ1n) is 7.27. The lowest BCUT2D eigenvalue weighted by atomic mass is 10.1. The minimum absolute atomic E-state index is 0.0322. The summed E-state index contributed by atoms with van der Waals surface area (Å²) in [6, 6.07) is 7.60. The van der Waals surface area contributed by atoms with Crippen molar-refractivity contribution in [3.8, 4) is 0 Å². The van der Waals surface area contributed by atoms with Crippen molar-refractivity contribution < 1.29 is 4.79 Å². The van der Waals surface area contributed by atoms with Gasteiger partial charge in [-0.15, -0.1) is 5.10 Å². The van der Waals surface area contributed by atoms with E-state index in [0.29, 0.717) is 6.54 Å². The van der Waals surface area contributed by atoms with Crippen LogP contribution in [0, 0.1) is 0 Å². The van der Waals surface area contributed by atoms with Crippen molar-refractivity contribution in [3.05, 3.63) is 41.7 Å². The highest BCUT2D eigenvalue weighted by Gasteiger charge is 2.25. The molecule has 3 rings (SSSR count). The Labute approximate surface area is 123 Å². The van der Waals surface area contributed by atoms with Crippen molar-refractivity contribution in [1.29, 1.82) is 0 Å². The lowest BCUT2D eigenvalue weighted by Crippen LogP contribution is -2.25. The maximum absolute atomic E-state index is 12.4. The SMILES string of the molecule is NCCCc1cn(C2CCc3ccccc3NC2=O)nn1. The van der Waals surface area contributed by atoms with E-state index in [9.17, 15) is 4.79 Å². The smallest absolute Gasteiger partial charge is 0.249 e. The normalized spacial score (nSPS) is 18.0. The number of fused-ring (bicyclic) bond motifs is 1. The summed E-state index contributed by atoms with van der Waals surface area (Å²) < 4.78 is 1.67. The third kappa shape index (κ3) is 2.95. The molecule has 1 amide bonds. The largest absolute Gasteiger partial charge is 0.330 e. The number of rotatable bonds is 4. The average Bonchev–Trinajstić information content (AvgIpc) is 2.88. The van der Waals surface area contributed by atoms with Gasteiger partial charge in [-0.2, -0.15) is 0 Å². The van der Waals surface area contributed by atoms with Gasteiger partial charge in [0, 0.05) is 11.9 Å². The van der Waals surface area contributed by atoms with Crippen LogP contribution in [-0.4, -0.2) is 27.4 Å². The van der Waals surface area contributed by atoms with Crippen LogP contribution in [0.4, 0.5) is 5.69 Å². The van der Waals surface area contributed by atoms with E-state index in [1.165, 1.54) is 0 Å². The number of benzene rings is 1. The Bertz CT molecular complexity index is 636. The Balaban J connectivity index is 1.77. The van der Waals surface area contributed by atoms with Gasteiger partial charge in [0.05, 0.1) is 5.69 Å². The van der Waals surface area contributed by atoms with Crippen LogP contribution in [0.15, 0.2) is 30.5 Å². The van der Waals surface area contributed by atoms with Gasteiger partial charge in [0.1, 0.15) is 6.04 Å². The van der Waals surface area contributed by atoms with Gasteiger partial charge in [0.25, 0.3) is 0 Å². The molecule has 6 heteroatoms. The molecular formula is C15H19N5O. The van der Waals surface area contributed by atoms with Crippen LogP contribution in [0.5, 0.6) is 0 Å². The van der Waals surface area contributed by atoms with Crippen LogP contribution in [0.1, 0.15) is 30.1 Å². The van der Waals surface area contributed by atoms with Crippen LogP contribution >= 0.6 is 0 Å². The summed E-state index contributed by atoms with van der Waals surface area (Å²) in [5.41, 5.74) is 8.44. The van der Waals surface area contributed by atoms with Crippen LogP contribution in [-0.2, 0) is 17.6 Å². The summed E-state index contributed by atoms with van der Waals surface area (Å²) in [4.78, 5) is 12.4. The molecule has 0 saturated carbocycles. The molecule has 1 aliphatic rings. The third-order valence-corrected chi connectivity index (χ3v) is 3.78. The minimum atomic E-state index is -0.309. The zero-order valence-electron chi connectivity index (χ0n) is 11.8. The molecule has 6 nitrogen and oxygen atoms in total. The molecule has 0 aliphatic carbocycles. The van der Waals surface area contributed by atoms with Crippen molar-refractivity contribution in [2.24, 2.45) is 5.73 Å². The summed E-state index contributed by atoms with van der Waals surface area (Å²) in [6.07, 6.45) is 5.10. The Morgan fingerprint density at radius 2 is 2.24 bits per heavy atom. The Hall–Kier alpha value is -2.21. The predicted octanol–water partition coefficient (Wildman–Crippen LogP) is 1.30. The van der Waals surface area contributed by atoms with Gasteiger partial charge in [-0.1, -0.05) is 23.4 Å². The van der Waals surface area contributed by atoms with Crippen molar-refractivity contribution in [2.75, 3.05) is 11.9 Å². The lowest BCUT2D eigenvalue weighted by molar-refractivity contribution is -0.119. The molecule has 1 aromatic carbocycles. The number of aryl methyl sites for hydroxylation is 2. The maximum Gasteiger partial charge on any atom is 0.249 e. The van der Waals surface area contributed by atoms with E-state index >= 15 is 0 Å². The highest BCUT2D eigenvalue weighted by Crippen LogP contribution is 2.26. The predicted molar refractivity (Wildman–Crippen MR) is 79.8 cm³/mol. The lowest BCUT2D eigenvalue weighted by Gasteiger charge is -2.12. The van der Waals surface area contributed by atoms with Gasteiger partial charge in [0.2, 0.25) is 5.91 Å². The van der Waals surface area contributed by atoms with Gasteiger partial charge < -0.3 is 11.1 Å². The van der Waals surface area contributed by atoms with Crippen molar-refractivity contribution in [2.45, 2.75) is 31.7 Å². The number of amides is 1. The van der Waals surface area contributed by atoms with E-state index < -0.39 is 0 Å². The van der Waals surface area contributed by atoms with E-state index in [0.717, 1.165) is 42.6 Å². The monoisotopic (exact) mass is 285 g/mol. The fourth-order valence-electron chi connectivity index (χ4n) is 2.62. The summed E-state index contributed by atoms with van der Waals surface area (Å²) >= 11 is 0. The molecule has 1 aliphatic heterocycles. The van der Waals surface area contributed by atoms with E-state index in [2.05, 4.69) is 15.6 Å². The number of anilines is 1. The van der Waals surface area contributed by atoms with Gasteiger partial charge in [-0.05, 0) is 43.9 Å². The Kier molecular flexibility index (Phi) is 3.96. The van der Waals surface area contributed by atoms with Crippen molar-refractivity contribution in [3.63, 3.8) is 0 Å². The van der Waals surface area contributed by atoms with Gasteiger partial charge in [-0.25, -0.2) is 4.68 Å². The number of nitrogens with zero attached hydrogens (tertiary/aromatic N) is 3.